The summed E-state index contributed by atoms with van der Waals surface area (Å²) in [7, 11) is 0. The topological polar surface area (TPSA) is 94.8 Å². The van der Waals surface area contributed by atoms with Crippen LogP contribution in [0.1, 0.15) is 45.9 Å². The van der Waals surface area contributed by atoms with Gasteiger partial charge in [-0.3, -0.25) is 4.57 Å². The molecule has 2 bridgehead atoms. The van der Waals surface area contributed by atoms with Gasteiger partial charge in [-0.25, -0.2) is 14.8 Å². The van der Waals surface area contributed by atoms with Crippen molar-refractivity contribution in [2.24, 2.45) is 0 Å². The first-order valence-electron chi connectivity index (χ1n) is 10.2. The minimum absolute atomic E-state index is 0.160. The summed E-state index contributed by atoms with van der Waals surface area (Å²) in [6.07, 6.45) is 5.13. The molecule has 0 atom stereocenters. The van der Waals surface area contributed by atoms with E-state index in [1.165, 1.54) is 6.33 Å². The molecule has 3 aromatic rings. The number of hydrogen-bond donors (Lipinski definition) is 1. The number of amides is 1. The average molecular weight is 439 g/mol. The van der Waals surface area contributed by atoms with Gasteiger partial charge in [0.1, 0.15) is 23.4 Å². The van der Waals surface area contributed by atoms with Gasteiger partial charge >= 0.3 is 6.09 Å². The van der Waals surface area contributed by atoms with Crippen LogP contribution < -0.4 is 5.32 Å². The molecule has 0 aliphatic heterocycles. The van der Waals surface area contributed by atoms with Crippen molar-refractivity contribution in [1.29, 1.82) is 0 Å². The maximum absolute atomic E-state index is 12.3. The van der Waals surface area contributed by atoms with E-state index < -0.39 is 5.60 Å². The van der Waals surface area contributed by atoms with Crippen molar-refractivity contribution < 1.29 is 9.53 Å². The van der Waals surface area contributed by atoms with Crippen LogP contribution in [0.4, 0.5) is 4.79 Å². The van der Waals surface area contributed by atoms with Crippen molar-refractivity contribution in [2.45, 2.75) is 56.6 Å². The van der Waals surface area contributed by atoms with Crippen LogP contribution in [0.2, 0.25) is 5.02 Å². The minimum Gasteiger partial charge on any atom is -0.444 e. The number of hydrogen-bond acceptors (Lipinski definition) is 6. The van der Waals surface area contributed by atoms with Crippen molar-refractivity contribution in [1.82, 2.24) is 30.0 Å². The van der Waals surface area contributed by atoms with E-state index in [1.54, 1.807) is 12.3 Å². The van der Waals surface area contributed by atoms with Gasteiger partial charge in [-0.15, -0.1) is 10.2 Å². The molecule has 3 saturated carbocycles. The average Bonchev–Trinajstić information content (AvgIpc) is 3.07. The van der Waals surface area contributed by atoms with Crippen molar-refractivity contribution >= 4 is 17.7 Å². The van der Waals surface area contributed by atoms with Crippen LogP contribution in [0, 0.1) is 0 Å². The van der Waals surface area contributed by atoms with E-state index in [9.17, 15) is 4.79 Å². The Morgan fingerprint density at radius 2 is 1.90 bits per heavy atom. The Morgan fingerprint density at radius 3 is 2.55 bits per heavy atom. The maximum atomic E-state index is 12.3. The van der Waals surface area contributed by atoms with Crippen LogP contribution in [0.3, 0.4) is 0 Å². The molecular weight excluding hydrogens is 416 g/mol. The van der Waals surface area contributed by atoms with E-state index in [0.29, 0.717) is 16.5 Å². The van der Waals surface area contributed by atoms with Gasteiger partial charge in [-0.05, 0) is 58.2 Å². The predicted octanol–water partition coefficient (Wildman–Crippen LogP) is 4.08. The van der Waals surface area contributed by atoms with Crippen molar-refractivity contribution in [2.75, 3.05) is 0 Å². The molecule has 0 unspecified atom stereocenters. The second-order valence-electron chi connectivity index (χ2n) is 9.45. The van der Waals surface area contributed by atoms with Crippen LogP contribution in [-0.2, 0) is 10.2 Å². The molecular formula is C22H23ClN6O2. The summed E-state index contributed by atoms with van der Waals surface area (Å²) in [4.78, 5) is 20.6. The standard InChI is InChI=1S/C22H23ClN6O2/c1-20(2,3)31-19(30)26-22-10-21(11-22,12-22)18-28-27-17(15-8-9-24-13-25-15)29(18)16-7-5-4-6-14(16)23/h4-9,13H,10-12H2,1-3H3,(H,26,30). The summed E-state index contributed by atoms with van der Waals surface area (Å²) in [5, 5.41) is 12.7. The number of halogens is 1. The van der Waals surface area contributed by atoms with Crippen molar-refractivity contribution in [3.8, 4) is 17.2 Å². The number of ether oxygens (including phenoxy) is 1. The fraction of sp³-hybridized carbons (Fsp3) is 0.409. The summed E-state index contributed by atoms with van der Waals surface area (Å²) in [5.41, 5.74) is 0.543. The quantitative estimate of drug-likeness (QED) is 0.659. The number of carbonyl (C=O) groups excluding carboxylic acids is 1. The van der Waals surface area contributed by atoms with Crippen LogP contribution in [0.5, 0.6) is 0 Å². The number of para-hydroxylation sites is 1. The van der Waals surface area contributed by atoms with Gasteiger partial charge in [-0.1, -0.05) is 23.7 Å². The number of nitrogens with zero attached hydrogens (tertiary/aromatic N) is 5. The Labute approximate surface area is 185 Å². The first-order chi connectivity index (χ1) is 14.7. The third kappa shape index (κ3) is 3.35. The van der Waals surface area contributed by atoms with Gasteiger partial charge in [0.15, 0.2) is 5.82 Å². The molecule has 0 saturated heterocycles. The SMILES string of the molecule is CC(C)(C)OC(=O)NC12CC(c3nnc(-c4ccncn4)n3-c3ccccc3Cl)(C1)C2. The van der Waals surface area contributed by atoms with Crippen LogP contribution in [0.25, 0.3) is 17.2 Å². The second kappa shape index (κ2) is 6.75. The zero-order chi connectivity index (χ0) is 21.9. The Balaban J connectivity index is 1.47. The molecule has 2 aromatic heterocycles. The minimum atomic E-state index is -0.526. The van der Waals surface area contributed by atoms with E-state index >= 15 is 0 Å². The molecule has 160 valence electrons. The number of rotatable bonds is 4. The molecule has 3 fully saturated rings. The Bertz CT molecular complexity index is 1130. The first-order valence-corrected chi connectivity index (χ1v) is 10.6. The predicted molar refractivity (Wildman–Crippen MR) is 115 cm³/mol. The lowest BCUT2D eigenvalue weighted by Gasteiger charge is -2.69. The van der Waals surface area contributed by atoms with Gasteiger partial charge < -0.3 is 10.1 Å². The lowest BCUT2D eigenvalue weighted by atomic mass is 9.39. The normalized spacial score (nSPS) is 24.1. The van der Waals surface area contributed by atoms with E-state index in [4.69, 9.17) is 16.3 Å². The highest BCUT2D eigenvalue weighted by Crippen LogP contribution is 2.67. The van der Waals surface area contributed by atoms with Crippen molar-refractivity contribution in [3.05, 3.63) is 53.7 Å². The smallest absolute Gasteiger partial charge is 0.408 e. The number of nitrogens with one attached hydrogen (secondary N) is 1. The molecule has 1 N–H and O–H groups in total. The molecule has 9 heteroatoms. The zero-order valence-corrected chi connectivity index (χ0v) is 18.3. The lowest BCUT2D eigenvalue weighted by molar-refractivity contribution is -0.0944. The van der Waals surface area contributed by atoms with Crippen LogP contribution in [0.15, 0.2) is 42.9 Å². The Morgan fingerprint density at radius 1 is 1.16 bits per heavy atom. The van der Waals surface area contributed by atoms with Gasteiger partial charge in [-0.2, -0.15) is 0 Å². The highest BCUT2D eigenvalue weighted by Gasteiger charge is 2.71. The first kappa shape index (κ1) is 19.9. The number of carbonyl (C=O) groups is 1. The van der Waals surface area contributed by atoms with Crippen LogP contribution in [-0.4, -0.2) is 42.0 Å². The molecule has 3 aliphatic carbocycles. The third-order valence-corrected chi connectivity index (χ3v) is 6.16. The molecule has 3 aliphatic rings. The van der Waals surface area contributed by atoms with E-state index in [-0.39, 0.29) is 17.0 Å². The Kier molecular flexibility index (Phi) is 4.34. The van der Waals surface area contributed by atoms with E-state index in [2.05, 4.69) is 25.5 Å². The highest BCUT2D eigenvalue weighted by molar-refractivity contribution is 6.32. The van der Waals surface area contributed by atoms with Gasteiger partial charge in [0, 0.05) is 17.2 Å². The highest BCUT2D eigenvalue weighted by atomic mass is 35.5. The zero-order valence-electron chi connectivity index (χ0n) is 17.6. The second-order valence-corrected chi connectivity index (χ2v) is 9.85. The summed E-state index contributed by atoms with van der Waals surface area (Å²) in [6, 6.07) is 9.41. The largest absolute Gasteiger partial charge is 0.444 e. The summed E-state index contributed by atoms with van der Waals surface area (Å²) in [5.74, 6) is 1.45. The fourth-order valence-electron chi connectivity index (χ4n) is 4.76. The monoisotopic (exact) mass is 438 g/mol. The van der Waals surface area contributed by atoms with Crippen LogP contribution >= 0.6 is 11.6 Å². The van der Waals surface area contributed by atoms with Gasteiger partial charge in [0.25, 0.3) is 0 Å². The van der Waals surface area contributed by atoms with Gasteiger partial charge in [0.05, 0.1) is 10.7 Å². The summed E-state index contributed by atoms with van der Waals surface area (Å²) < 4.78 is 7.42. The van der Waals surface area contributed by atoms with Crippen molar-refractivity contribution in [3.63, 3.8) is 0 Å². The molecule has 1 aromatic carbocycles. The number of alkyl carbamates (subject to hydrolysis) is 1. The summed E-state index contributed by atoms with van der Waals surface area (Å²) in [6.45, 7) is 5.57. The van der Waals surface area contributed by atoms with E-state index in [0.717, 1.165) is 30.8 Å². The maximum Gasteiger partial charge on any atom is 0.408 e. The number of benzene rings is 1. The third-order valence-electron chi connectivity index (χ3n) is 5.84. The Hall–Kier alpha value is -3.00. The van der Waals surface area contributed by atoms with E-state index in [1.807, 2.05) is 49.6 Å². The summed E-state index contributed by atoms with van der Waals surface area (Å²) >= 11 is 6.55. The number of aromatic nitrogens is 5. The molecule has 31 heavy (non-hydrogen) atoms. The fourth-order valence-corrected chi connectivity index (χ4v) is 4.98. The molecule has 8 nitrogen and oxygen atoms in total. The molecule has 2 heterocycles. The molecule has 1 amide bonds. The lowest BCUT2D eigenvalue weighted by Crippen LogP contribution is -2.77. The molecule has 0 spiro atoms. The van der Waals surface area contributed by atoms with Gasteiger partial charge in [0.2, 0.25) is 0 Å². The molecule has 6 rings (SSSR count). The molecule has 0 radical (unpaired) electrons.